The lowest BCUT2D eigenvalue weighted by atomic mass is 9.84. The van der Waals surface area contributed by atoms with Crippen molar-refractivity contribution in [3.63, 3.8) is 0 Å². The summed E-state index contributed by atoms with van der Waals surface area (Å²) in [5.41, 5.74) is 7.42. The van der Waals surface area contributed by atoms with Crippen molar-refractivity contribution >= 4 is 5.91 Å². The zero-order chi connectivity index (χ0) is 19.9. The van der Waals surface area contributed by atoms with Gasteiger partial charge in [-0.2, -0.15) is 0 Å². The van der Waals surface area contributed by atoms with E-state index in [2.05, 4.69) is 30.1 Å². The van der Waals surface area contributed by atoms with Crippen LogP contribution >= 0.6 is 0 Å². The van der Waals surface area contributed by atoms with Crippen molar-refractivity contribution in [2.24, 2.45) is 11.7 Å². The molecule has 1 aromatic rings. The largest absolute Gasteiger partial charge is 0.366 e. The van der Waals surface area contributed by atoms with Crippen LogP contribution in [0.3, 0.4) is 0 Å². The van der Waals surface area contributed by atoms with E-state index in [1.54, 1.807) is 0 Å². The summed E-state index contributed by atoms with van der Waals surface area (Å²) < 4.78 is 0. The van der Waals surface area contributed by atoms with Crippen molar-refractivity contribution in [3.05, 3.63) is 35.4 Å². The Morgan fingerprint density at radius 2 is 1.86 bits per heavy atom. The summed E-state index contributed by atoms with van der Waals surface area (Å²) in [6, 6.07) is 9.40. The molecule has 4 heteroatoms. The van der Waals surface area contributed by atoms with Gasteiger partial charge in [-0.25, -0.2) is 0 Å². The highest BCUT2D eigenvalue weighted by molar-refractivity contribution is 5.92. The molecule has 0 aliphatic carbocycles. The molecule has 3 rings (SSSR count). The lowest BCUT2D eigenvalue weighted by molar-refractivity contribution is 0.1000. The minimum Gasteiger partial charge on any atom is -0.366 e. The molecule has 0 saturated carbocycles. The highest BCUT2D eigenvalue weighted by atomic mass is 16.1. The molecule has 1 amide bonds. The molecule has 3 atom stereocenters. The molecule has 4 nitrogen and oxygen atoms in total. The van der Waals surface area contributed by atoms with E-state index < -0.39 is 0 Å². The van der Waals surface area contributed by atoms with Crippen LogP contribution in [0, 0.1) is 5.92 Å². The highest BCUT2D eigenvalue weighted by Gasteiger charge is 2.40. The maximum absolute atomic E-state index is 11.5. The number of hydrogen-bond donors (Lipinski definition) is 2. The van der Waals surface area contributed by atoms with Crippen LogP contribution < -0.4 is 11.1 Å². The predicted molar refractivity (Wildman–Crippen MR) is 117 cm³/mol. The summed E-state index contributed by atoms with van der Waals surface area (Å²) in [7, 11) is 0. The van der Waals surface area contributed by atoms with Gasteiger partial charge in [0.1, 0.15) is 0 Å². The van der Waals surface area contributed by atoms with E-state index >= 15 is 0 Å². The number of piperidine rings is 1. The van der Waals surface area contributed by atoms with Crippen LogP contribution in [0.1, 0.15) is 87.1 Å². The van der Waals surface area contributed by atoms with Crippen molar-refractivity contribution in [2.75, 3.05) is 19.6 Å². The monoisotopic (exact) mass is 385 g/mol. The number of nitrogens with one attached hydrogen (secondary N) is 1. The van der Waals surface area contributed by atoms with Gasteiger partial charge in [0, 0.05) is 30.7 Å². The maximum atomic E-state index is 11.5. The van der Waals surface area contributed by atoms with E-state index in [0.29, 0.717) is 23.6 Å². The molecule has 2 heterocycles. The van der Waals surface area contributed by atoms with Crippen LogP contribution in [0.2, 0.25) is 0 Å². The summed E-state index contributed by atoms with van der Waals surface area (Å²) in [6.07, 6.45) is 10.4. The molecule has 0 aromatic heterocycles. The van der Waals surface area contributed by atoms with Crippen molar-refractivity contribution in [1.82, 2.24) is 10.2 Å². The molecule has 2 aliphatic heterocycles. The standard InChI is InChI=1S/C24H39N3O/c1-3-6-18(7-4-2)17-26-12-13-27-22-10-11-23(27)16-21(15-22)19-8-5-9-20(14-19)24(25)28/h5,8-9,14,18,21-23,26H,3-4,6-7,10-13,15-17H2,1-2H3,(H2,25,28)/t21-,22+,23-. The molecule has 2 saturated heterocycles. The van der Waals surface area contributed by atoms with Crippen LogP contribution in [-0.2, 0) is 0 Å². The number of carbonyl (C=O) groups is 1. The van der Waals surface area contributed by atoms with Crippen LogP contribution in [0.4, 0.5) is 0 Å². The quantitative estimate of drug-likeness (QED) is 0.558. The van der Waals surface area contributed by atoms with Crippen molar-refractivity contribution in [1.29, 1.82) is 0 Å². The third-order valence-corrected chi connectivity index (χ3v) is 6.90. The van der Waals surface area contributed by atoms with Crippen molar-refractivity contribution < 1.29 is 4.79 Å². The number of rotatable bonds is 11. The van der Waals surface area contributed by atoms with Crippen molar-refractivity contribution in [3.8, 4) is 0 Å². The zero-order valence-electron chi connectivity index (χ0n) is 17.8. The van der Waals surface area contributed by atoms with Gasteiger partial charge >= 0.3 is 0 Å². The van der Waals surface area contributed by atoms with Gasteiger partial charge in [0.2, 0.25) is 5.91 Å². The number of benzene rings is 1. The Bertz CT molecular complexity index is 612. The molecular weight excluding hydrogens is 346 g/mol. The Balaban J connectivity index is 1.49. The number of primary amides is 1. The first-order chi connectivity index (χ1) is 13.6. The van der Waals surface area contributed by atoms with Crippen LogP contribution in [0.25, 0.3) is 0 Å². The van der Waals surface area contributed by atoms with Crippen LogP contribution in [0.5, 0.6) is 0 Å². The molecule has 0 radical (unpaired) electrons. The Morgan fingerprint density at radius 1 is 1.18 bits per heavy atom. The number of fused-ring (bicyclic) bond motifs is 2. The van der Waals surface area contributed by atoms with Crippen LogP contribution in [-0.4, -0.2) is 42.5 Å². The number of carbonyl (C=O) groups excluding carboxylic acids is 1. The molecule has 156 valence electrons. The third-order valence-electron chi connectivity index (χ3n) is 6.90. The van der Waals surface area contributed by atoms with Gasteiger partial charge in [-0.15, -0.1) is 0 Å². The fourth-order valence-electron chi connectivity index (χ4n) is 5.54. The summed E-state index contributed by atoms with van der Waals surface area (Å²) in [5, 5.41) is 3.74. The highest BCUT2D eigenvalue weighted by Crippen LogP contribution is 2.42. The van der Waals surface area contributed by atoms with E-state index in [1.807, 2.05) is 18.2 Å². The van der Waals surface area contributed by atoms with E-state index in [0.717, 1.165) is 12.5 Å². The first-order valence-corrected chi connectivity index (χ1v) is 11.5. The Morgan fingerprint density at radius 3 is 2.46 bits per heavy atom. The van der Waals surface area contributed by atoms with Gasteiger partial charge in [-0.1, -0.05) is 38.8 Å². The Kier molecular flexibility index (Phi) is 7.92. The van der Waals surface area contributed by atoms with Gasteiger partial charge in [0.15, 0.2) is 0 Å². The second-order valence-corrected chi connectivity index (χ2v) is 8.93. The first kappa shape index (κ1) is 21.3. The fourth-order valence-corrected chi connectivity index (χ4v) is 5.54. The minimum absolute atomic E-state index is 0.321. The Labute approximate surface area is 171 Å². The number of nitrogens with zero attached hydrogens (tertiary/aromatic N) is 1. The topological polar surface area (TPSA) is 58.4 Å². The van der Waals surface area contributed by atoms with E-state index in [4.69, 9.17) is 5.73 Å². The molecule has 2 aliphatic rings. The van der Waals surface area contributed by atoms with Gasteiger partial charge in [0.05, 0.1) is 0 Å². The van der Waals surface area contributed by atoms with E-state index in [1.165, 1.54) is 70.0 Å². The minimum atomic E-state index is -0.321. The lowest BCUT2D eigenvalue weighted by Gasteiger charge is -2.39. The van der Waals surface area contributed by atoms with Gasteiger partial charge in [-0.3, -0.25) is 9.69 Å². The number of hydrogen-bond acceptors (Lipinski definition) is 3. The second-order valence-electron chi connectivity index (χ2n) is 8.93. The molecule has 28 heavy (non-hydrogen) atoms. The van der Waals surface area contributed by atoms with Gasteiger partial charge in [0.25, 0.3) is 0 Å². The molecule has 2 fully saturated rings. The van der Waals surface area contributed by atoms with E-state index in [9.17, 15) is 4.79 Å². The summed E-state index contributed by atoms with van der Waals surface area (Å²) in [6.45, 7) is 8.05. The molecular formula is C24H39N3O. The molecule has 2 bridgehead atoms. The van der Waals surface area contributed by atoms with E-state index in [-0.39, 0.29) is 5.91 Å². The summed E-state index contributed by atoms with van der Waals surface area (Å²) in [4.78, 5) is 14.3. The molecule has 0 unspecified atom stereocenters. The predicted octanol–water partition coefficient (Wildman–Crippen LogP) is 4.30. The third kappa shape index (κ3) is 5.36. The molecule has 0 spiro atoms. The average Bonchev–Trinajstić information content (AvgIpc) is 2.92. The zero-order valence-corrected chi connectivity index (χ0v) is 17.8. The fraction of sp³-hybridized carbons (Fsp3) is 0.708. The van der Waals surface area contributed by atoms with Crippen molar-refractivity contribution in [2.45, 2.75) is 83.2 Å². The number of amides is 1. The summed E-state index contributed by atoms with van der Waals surface area (Å²) >= 11 is 0. The SMILES string of the molecule is CCCC(CCC)CNCCN1[C@@H]2CC[C@H]1C[C@@H](c1cccc(C(N)=O)c1)C2. The second kappa shape index (κ2) is 10.4. The first-order valence-electron chi connectivity index (χ1n) is 11.5. The molecule has 3 N–H and O–H groups in total. The summed E-state index contributed by atoms with van der Waals surface area (Å²) in [5.74, 6) is 1.09. The Hall–Kier alpha value is -1.39. The number of nitrogens with two attached hydrogens (primary N) is 1. The maximum Gasteiger partial charge on any atom is 0.248 e. The normalized spacial score (nSPS) is 24.8. The van der Waals surface area contributed by atoms with Crippen LogP contribution in [0.15, 0.2) is 24.3 Å². The lowest BCUT2D eigenvalue weighted by Crippen LogP contribution is -2.45. The van der Waals surface area contributed by atoms with Gasteiger partial charge in [-0.05, 0) is 74.6 Å². The van der Waals surface area contributed by atoms with Gasteiger partial charge < -0.3 is 11.1 Å². The smallest absolute Gasteiger partial charge is 0.248 e. The average molecular weight is 386 g/mol. The molecule has 1 aromatic carbocycles.